The first-order valence-electron chi connectivity index (χ1n) is 5.41. The lowest BCUT2D eigenvalue weighted by Crippen LogP contribution is -2.06. The lowest BCUT2D eigenvalue weighted by Gasteiger charge is -2.11. The van der Waals surface area contributed by atoms with Crippen molar-refractivity contribution in [1.82, 2.24) is 4.98 Å². The molecule has 0 fully saturated rings. The number of benzene rings is 1. The normalized spacial score (nSPS) is 10.7. The van der Waals surface area contributed by atoms with E-state index in [1.807, 2.05) is 18.2 Å². The number of rotatable bonds is 4. The molecule has 4 nitrogen and oxygen atoms in total. The van der Waals surface area contributed by atoms with Gasteiger partial charge in [-0.25, -0.2) is 4.98 Å². The van der Waals surface area contributed by atoms with E-state index in [2.05, 4.69) is 26.2 Å². The number of pyridine rings is 1. The Morgan fingerprint density at radius 2 is 2.24 bits per heavy atom. The quantitative estimate of drug-likeness (QED) is 0.598. The second-order valence-electron chi connectivity index (χ2n) is 3.73. The molecule has 0 saturated carbocycles. The summed E-state index contributed by atoms with van der Waals surface area (Å²) in [5.41, 5.74) is 6.68. The number of hydrogen-bond donors (Lipinski definition) is 3. The van der Waals surface area contributed by atoms with Gasteiger partial charge in [0.05, 0.1) is 0 Å². The zero-order valence-corrected chi connectivity index (χ0v) is 10.9. The van der Waals surface area contributed by atoms with Gasteiger partial charge in [0.15, 0.2) is 0 Å². The van der Waals surface area contributed by atoms with Crippen molar-refractivity contribution in [3.05, 3.63) is 28.9 Å². The highest BCUT2D eigenvalue weighted by Gasteiger charge is 2.08. The summed E-state index contributed by atoms with van der Waals surface area (Å²) in [5, 5.41) is 13.9. The highest BCUT2D eigenvalue weighted by molar-refractivity contribution is 9.10. The highest BCUT2D eigenvalue weighted by Crippen LogP contribution is 2.32. The van der Waals surface area contributed by atoms with Gasteiger partial charge >= 0.3 is 0 Å². The van der Waals surface area contributed by atoms with Gasteiger partial charge in [-0.05, 0) is 28.4 Å². The third-order valence-electron chi connectivity index (χ3n) is 2.53. The van der Waals surface area contributed by atoms with Gasteiger partial charge in [-0.2, -0.15) is 0 Å². The molecule has 1 heterocycles. The first-order valence-corrected chi connectivity index (χ1v) is 6.20. The van der Waals surface area contributed by atoms with Crippen LogP contribution in [0, 0.1) is 0 Å². The largest absolute Gasteiger partial charge is 0.398 e. The fraction of sp³-hybridized carbons (Fsp3) is 0.250. The van der Waals surface area contributed by atoms with Gasteiger partial charge in [-0.15, -0.1) is 0 Å². The molecule has 17 heavy (non-hydrogen) atoms. The van der Waals surface area contributed by atoms with Gasteiger partial charge in [-0.1, -0.05) is 12.1 Å². The summed E-state index contributed by atoms with van der Waals surface area (Å²) in [6.45, 7) is 0.839. The third kappa shape index (κ3) is 2.50. The van der Waals surface area contributed by atoms with Gasteiger partial charge in [0, 0.05) is 40.3 Å². The molecule has 0 atom stereocenters. The van der Waals surface area contributed by atoms with Gasteiger partial charge in [-0.3, -0.25) is 0 Å². The Morgan fingerprint density at radius 1 is 1.41 bits per heavy atom. The van der Waals surface area contributed by atoms with Gasteiger partial charge in [0.2, 0.25) is 0 Å². The molecule has 0 bridgehead atoms. The molecule has 0 aliphatic heterocycles. The average Bonchev–Trinajstić information content (AvgIpc) is 2.33. The number of hydrogen-bond acceptors (Lipinski definition) is 4. The topological polar surface area (TPSA) is 71.2 Å². The zero-order valence-electron chi connectivity index (χ0n) is 9.28. The molecule has 2 aromatic rings. The second kappa shape index (κ2) is 5.33. The van der Waals surface area contributed by atoms with Crippen molar-refractivity contribution in [3.63, 3.8) is 0 Å². The molecule has 1 aromatic carbocycles. The summed E-state index contributed by atoms with van der Waals surface area (Å²) in [4.78, 5) is 4.32. The zero-order chi connectivity index (χ0) is 12.3. The van der Waals surface area contributed by atoms with E-state index >= 15 is 0 Å². The maximum Gasteiger partial charge on any atom is 0.135 e. The Kier molecular flexibility index (Phi) is 3.81. The smallest absolute Gasteiger partial charge is 0.135 e. The SMILES string of the molecule is Nc1cccc2c(Br)cnc(NCCCO)c12. The Balaban J connectivity index is 2.45. The Labute approximate surface area is 108 Å². The Morgan fingerprint density at radius 3 is 3.00 bits per heavy atom. The number of nitrogens with two attached hydrogens (primary N) is 1. The lowest BCUT2D eigenvalue weighted by molar-refractivity contribution is 0.292. The molecule has 90 valence electrons. The second-order valence-corrected chi connectivity index (χ2v) is 4.58. The number of anilines is 2. The average molecular weight is 296 g/mol. The summed E-state index contributed by atoms with van der Waals surface area (Å²) < 4.78 is 0.924. The molecular weight excluding hydrogens is 282 g/mol. The molecule has 0 saturated heterocycles. The fourth-order valence-electron chi connectivity index (χ4n) is 1.71. The first kappa shape index (κ1) is 12.1. The van der Waals surface area contributed by atoms with Crippen LogP contribution < -0.4 is 11.1 Å². The van der Waals surface area contributed by atoms with Crippen molar-refractivity contribution < 1.29 is 5.11 Å². The molecule has 0 amide bonds. The van der Waals surface area contributed by atoms with E-state index in [1.54, 1.807) is 6.20 Å². The molecule has 5 heteroatoms. The number of aromatic nitrogens is 1. The van der Waals surface area contributed by atoms with Crippen LogP contribution in [0.1, 0.15) is 6.42 Å². The predicted octanol–water partition coefficient (Wildman–Crippen LogP) is 2.37. The van der Waals surface area contributed by atoms with Crippen LogP contribution in [-0.4, -0.2) is 23.2 Å². The lowest BCUT2D eigenvalue weighted by atomic mass is 10.1. The molecule has 0 aliphatic rings. The monoisotopic (exact) mass is 295 g/mol. The van der Waals surface area contributed by atoms with Crippen LogP contribution in [0.25, 0.3) is 10.8 Å². The van der Waals surface area contributed by atoms with Crippen molar-refractivity contribution >= 4 is 38.2 Å². The van der Waals surface area contributed by atoms with Crippen LogP contribution in [-0.2, 0) is 0 Å². The van der Waals surface area contributed by atoms with E-state index in [-0.39, 0.29) is 6.61 Å². The highest BCUT2D eigenvalue weighted by atomic mass is 79.9. The summed E-state index contributed by atoms with van der Waals surface area (Å²) in [6.07, 6.45) is 2.44. The molecule has 4 N–H and O–H groups in total. The van der Waals surface area contributed by atoms with Crippen LogP contribution in [0.2, 0.25) is 0 Å². The maximum absolute atomic E-state index is 8.76. The summed E-state index contributed by atoms with van der Waals surface area (Å²) in [7, 11) is 0. The minimum atomic E-state index is 0.164. The molecule has 0 radical (unpaired) electrons. The van der Waals surface area contributed by atoms with E-state index in [0.29, 0.717) is 18.7 Å². The first-order chi connectivity index (χ1) is 8.24. The van der Waals surface area contributed by atoms with Crippen molar-refractivity contribution in [3.8, 4) is 0 Å². The third-order valence-corrected chi connectivity index (χ3v) is 3.16. The van der Waals surface area contributed by atoms with Crippen molar-refractivity contribution in [2.75, 3.05) is 24.2 Å². The van der Waals surface area contributed by atoms with Gasteiger partial charge < -0.3 is 16.2 Å². The van der Waals surface area contributed by atoms with E-state index in [4.69, 9.17) is 10.8 Å². The Hall–Kier alpha value is -1.33. The maximum atomic E-state index is 8.76. The van der Waals surface area contributed by atoms with E-state index < -0.39 is 0 Å². The predicted molar refractivity (Wildman–Crippen MR) is 74.0 cm³/mol. The van der Waals surface area contributed by atoms with Crippen LogP contribution in [0.15, 0.2) is 28.9 Å². The van der Waals surface area contributed by atoms with Crippen molar-refractivity contribution in [1.29, 1.82) is 0 Å². The van der Waals surface area contributed by atoms with E-state index in [9.17, 15) is 0 Å². The number of nitrogen functional groups attached to an aromatic ring is 1. The molecule has 2 rings (SSSR count). The molecule has 0 aliphatic carbocycles. The van der Waals surface area contributed by atoms with Crippen LogP contribution in [0.4, 0.5) is 11.5 Å². The van der Waals surface area contributed by atoms with Crippen LogP contribution >= 0.6 is 15.9 Å². The summed E-state index contributed by atoms with van der Waals surface area (Å²) in [5.74, 6) is 0.759. The van der Waals surface area contributed by atoms with Gasteiger partial charge in [0.25, 0.3) is 0 Å². The number of aliphatic hydroxyl groups excluding tert-OH is 1. The van der Waals surface area contributed by atoms with E-state index in [1.165, 1.54) is 0 Å². The minimum Gasteiger partial charge on any atom is -0.398 e. The minimum absolute atomic E-state index is 0.164. The van der Waals surface area contributed by atoms with Gasteiger partial charge in [0.1, 0.15) is 5.82 Å². The molecule has 1 aromatic heterocycles. The molecule has 0 spiro atoms. The fourth-order valence-corrected chi connectivity index (χ4v) is 2.14. The van der Waals surface area contributed by atoms with Crippen LogP contribution in [0.5, 0.6) is 0 Å². The number of fused-ring (bicyclic) bond motifs is 1. The standard InChI is InChI=1S/C12H14BrN3O/c13-9-7-16-12(15-5-2-6-17)11-8(9)3-1-4-10(11)14/h1,3-4,7,17H,2,5-6,14H2,(H,15,16). The number of nitrogens with one attached hydrogen (secondary N) is 1. The van der Waals surface area contributed by atoms with Crippen LogP contribution in [0.3, 0.4) is 0 Å². The van der Waals surface area contributed by atoms with E-state index in [0.717, 1.165) is 21.1 Å². The van der Waals surface area contributed by atoms with Crippen molar-refractivity contribution in [2.24, 2.45) is 0 Å². The summed E-state index contributed by atoms with van der Waals surface area (Å²) >= 11 is 3.46. The number of halogens is 1. The number of aliphatic hydroxyl groups is 1. The molecular formula is C12H14BrN3O. The number of nitrogens with zero attached hydrogens (tertiary/aromatic N) is 1. The Bertz CT molecular complexity index is 530. The van der Waals surface area contributed by atoms with Crippen molar-refractivity contribution in [2.45, 2.75) is 6.42 Å². The molecule has 0 unspecified atom stereocenters. The summed E-state index contributed by atoms with van der Waals surface area (Å²) in [6, 6.07) is 5.77.